The third kappa shape index (κ3) is 4.63. The number of carbonyl (C=O) groups excluding carboxylic acids is 3. The molecule has 1 aliphatic rings. The van der Waals surface area contributed by atoms with Crippen LogP contribution in [0.5, 0.6) is 0 Å². The Morgan fingerprint density at radius 1 is 1.10 bits per heavy atom. The maximum atomic E-state index is 12.7. The Morgan fingerprint density at radius 2 is 1.71 bits per heavy atom. The normalized spacial score (nSPS) is 14.5. The van der Waals surface area contributed by atoms with Gasteiger partial charge in [0.1, 0.15) is 0 Å². The number of hydrogen-bond donors (Lipinski definition) is 1. The van der Waals surface area contributed by atoms with E-state index >= 15 is 0 Å². The smallest absolute Gasteiger partial charge is 0.337 e. The average molecular weight is 427 g/mol. The van der Waals surface area contributed by atoms with Crippen LogP contribution in [0, 0.1) is 10.1 Å². The lowest BCUT2D eigenvalue weighted by molar-refractivity contribution is -0.384. The van der Waals surface area contributed by atoms with Crippen molar-refractivity contribution >= 4 is 34.9 Å². The van der Waals surface area contributed by atoms with Crippen LogP contribution in [0.4, 0.5) is 17.1 Å². The predicted molar refractivity (Wildman–Crippen MR) is 111 cm³/mol. The Bertz CT molecular complexity index is 1030. The Balaban J connectivity index is 1.80. The molecule has 2 aromatic carbocycles. The van der Waals surface area contributed by atoms with Crippen molar-refractivity contribution in [3.05, 3.63) is 63.2 Å². The number of amides is 1. The molecule has 1 aliphatic heterocycles. The van der Waals surface area contributed by atoms with Crippen molar-refractivity contribution in [1.29, 1.82) is 0 Å². The Kier molecular flexibility index (Phi) is 6.19. The zero-order valence-corrected chi connectivity index (χ0v) is 17.2. The number of hydrogen-bond acceptors (Lipinski definition) is 8. The zero-order chi connectivity index (χ0) is 22.7. The molecule has 0 radical (unpaired) electrons. The number of nitro benzene ring substituents is 1. The van der Waals surface area contributed by atoms with Gasteiger partial charge in [-0.3, -0.25) is 14.9 Å². The van der Waals surface area contributed by atoms with Gasteiger partial charge >= 0.3 is 11.9 Å². The third-order valence-corrected chi connectivity index (χ3v) is 5.00. The highest BCUT2D eigenvalue weighted by molar-refractivity contribution is 6.00. The van der Waals surface area contributed by atoms with Crippen molar-refractivity contribution in [2.24, 2.45) is 0 Å². The zero-order valence-electron chi connectivity index (χ0n) is 17.2. The number of non-ortho nitro benzene ring substituents is 1. The van der Waals surface area contributed by atoms with Crippen LogP contribution in [0.3, 0.4) is 0 Å². The van der Waals surface area contributed by atoms with E-state index in [0.29, 0.717) is 6.42 Å². The summed E-state index contributed by atoms with van der Waals surface area (Å²) >= 11 is 0. The Morgan fingerprint density at radius 3 is 2.26 bits per heavy atom. The molecule has 3 rings (SSSR count). The number of fused-ring (bicyclic) bond motifs is 1. The van der Waals surface area contributed by atoms with Crippen LogP contribution in [0.2, 0.25) is 0 Å². The Labute approximate surface area is 177 Å². The first-order valence-corrected chi connectivity index (χ1v) is 9.39. The number of anilines is 2. The summed E-state index contributed by atoms with van der Waals surface area (Å²) in [6, 6.07) is 8.66. The quantitative estimate of drug-likeness (QED) is 0.423. The van der Waals surface area contributed by atoms with E-state index in [9.17, 15) is 24.5 Å². The largest absolute Gasteiger partial charge is 0.465 e. The first kappa shape index (κ1) is 21.8. The van der Waals surface area contributed by atoms with Crippen LogP contribution < -0.4 is 10.2 Å². The molecule has 10 heteroatoms. The molecule has 0 aliphatic carbocycles. The lowest BCUT2D eigenvalue weighted by Crippen LogP contribution is -2.37. The van der Waals surface area contributed by atoms with Gasteiger partial charge in [-0.1, -0.05) is 0 Å². The highest BCUT2D eigenvalue weighted by Crippen LogP contribution is 2.34. The van der Waals surface area contributed by atoms with Crippen molar-refractivity contribution in [2.75, 3.05) is 31.0 Å². The summed E-state index contributed by atoms with van der Waals surface area (Å²) in [7, 11) is 2.42. The highest BCUT2D eigenvalue weighted by Gasteiger charge is 2.29. The minimum absolute atomic E-state index is 0.00668. The second-order valence-corrected chi connectivity index (χ2v) is 7.08. The molecular formula is C21H21N3O7. The van der Waals surface area contributed by atoms with E-state index in [2.05, 4.69) is 5.32 Å². The molecule has 2 aromatic rings. The van der Waals surface area contributed by atoms with Gasteiger partial charge in [-0.25, -0.2) is 9.59 Å². The number of rotatable bonds is 6. The number of methoxy groups -OCH3 is 2. The SMILES string of the molecule is COC(=O)c1cc(NC(=O)CN2c3ccc([N+](=O)[O-])cc3CC2C)cc(C(=O)OC)c1. The van der Waals surface area contributed by atoms with Crippen LogP contribution in [-0.2, 0) is 20.7 Å². The van der Waals surface area contributed by atoms with Crippen LogP contribution >= 0.6 is 0 Å². The van der Waals surface area contributed by atoms with E-state index in [0.717, 1.165) is 11.3 Å². The van der Waals surface area contributed by atoms with Gasteiger partial charge in [-0.15, -0.1) is 0 Å². The fourth-order valence-electron chi connectivity index (χ4n) is 3.56. The molecule has 0 spiro atoms. The highest BCUT2D eigenvalue weighted by atomic mass is 16.6. The van der Waals surface area contributed by atoms with Gasteiger partial charge in [-0.2, -0.15) is 0 Å². The summed E-state index contributed by atoms with van der Waals surface area (Å²) in [6.07, 6.45) is 0.578. The molecule has 0 aromatic heterocycles. The van der Waals surface area contributed by atoms with Crippen LogP contribution in [0.15, 0.2) is 36.4 Å². The van der Waals surface area contributed by atoms with Crippen LogP contribution in [0.25, 0.3) is 0 Å². The lowest BCUT2D eigenvalue weighted by Gasteiger charge is -2.24. The lowest BCUT2D eigenvalue weighted by atomic mass is 10.1. The molecule has 0 saturated heterocycles. The van der Waals surface area contributed by atoms with Gasteiger partial charge in [0, 0.05) is 29.5 Å². The number of benzene rings is 2. The number of esters is 2. The van der Waals surface area contributed by atoms with Crippen LogP contribution in [-0.4, -0.2) is 49.6 Å². The molecular weight excluding hydrogens is 406 g/mol. The van der Waals surface area contributed by atoms with Gasteiger partial charge in [0.25, 0.3) is 5.69 Å². The first-order chi connectivity index (χ1) is 14.7. The standard InChI is InChI=1S/C21H21N3O7/c1-12-6-13-10-17(24(28)29)4-5-18(13)23(12)11-19(25)22-16-8-14(20(26)30-2)7-15(9-16)21(27)31-3/h4-5,7-10,12H,6,11H2,1-3H3,(H,22,25). The second kappa shape index (κ2) is 8.82. The molecule has 1 atom stereocenters. The molecule has 1 heterocycles. The number of nitrogens with one attached hydrogen (secondary N) is 1. The maximum absolute atomic E-state index is 12.7. The van der Waals surface area contributed by atoms with E-state index in [-0.39, 0.29) is 41.0 Å². The molecule has 1 unspecified atom stereocenters. The number of carbonyl (C=O) groups is 3. The van der Waals surface area contributed by atoms with E-state index in [1.807, 2.05) is 11.8 Å². The number of ether oxygens (including phenoxy) is 2. The summed E-state index contributed by atoms with van der Waals surface area (Å²) in [5, 5.41) is 13.7. The minimum atomic E-state index is -0.662. The van der Waals surface area contributed by atoms with Crippen molar-refractivity contribution < 1.29 is 28.8 Å². The molecule has 31 heavy (non-hydrogen) atoms. The van der Waals surface area contributed by atoms with Gasteiger partial charge in [0.05, 0.1) is 36.8 Å². The van der Waals surface area contributed by atoms with Crippen molar-refractivity contribution in [3.8, 4) is 0 Å². The fourth-order valence-corrected chi connectivity index (χ4v) is 3.56. The third-order valence-electron chi connectivity index (χ3n) is 5.00. The summed E-state index contributed by atoms with van der Waals surface area (Å²) < 4.78 is 9.38. The van der Waals surface area contributed by atoms with Crippen molar-refractivity contribution in [2.45, 2.75) is 19.4 Å². The summed E-state index contributed by atoms with van der Waals surface area (Å²) in [6.45, 7) is 1.91. The van der Waals surface area contributed by atoms with Crippen molar-refractivity contribution in [1.82, 2.24) is 0 Å². The van der Waals surface area contributed by atoms with E-state index in [4.69, 9.17) is 9.47 Å². The predicted octanol–water partition coefficient (Wildman–Crippen LogP) is 2.56. The van der Waals surface area contributed by atoms with Gasteiger partial charge < -0.3 is 19.7 Å². The minimum Gasteiger partial charge on any atom is -0.465 e. The first-order valence-electron chi connectivity index (χ1n) is 9.39. The molecule has 0 bridgehead atoms. The van der Waals surface area contributed by atoms with Gasteiger partial charge in [-0.05, 0) is 43.2 Å². The fraction of sp³-hybridized carbons (Fsp3) is 0.286. The summed E-state index contributed by atoms with van der Waals surface area (Å²) in [5.41, 5.74) is 1.99. The maximum Gasteiger partial charge on any atom is 0.337 e. The monoisotopic (exact) mass is 427 g/mol. The molecule has 0 saturated carbocycles. The number of nitro groups is 1. The second-order valence-electron chi connectivity index (χ2n) is 7.08. The van der Waals surface area contributed by atoms with Gasteiger partial charge in [0.15, 0.2) is 0 Å². The molecule has 0 fully saturated rings. The Hall–Kier alpha value is -3.95. The summed E-state index contributed by atoms with van der Waals surface area (Å²) in [4.78, 5) is 48.9. The van der Waals surface area contributed by atoms with E-state index < -0.39 is 16.9 Å². The molecule has 1 N–H and O–H groups in total. The number of nitrogens with zero attached hydrogens (tertiary/aromatic N) is 2. The topological polar surface area (TPSA) is 128 Å². The van der Waals surface area contributed by atoms with E-state index in [1.165, 1.54) is 44.6 Å². The average Bonchev–Trinajstić information content (AvgIpc) is 3.06. The molecule has 1 amide bonds. The molecule has 10 nitrogen and oxygen atoms in total. The van der Waals surface area contributed by atoms with Gasteiger partial charge in [0.2, 0.25) is 5.91 Å². The van der Waals surface area contributed by atoms with Crippen molar-refractivity contribution in [3.63, 3.8) is 0 Å². The summed E-state index contributed by atoms with van der Waals surface area (Å²) in [5.74, 6) is -1.70. The molecule has 162 valence electrons. The van der Waals surface area contributed by atoms with E-state index in [1.54, 1.807) is 6.07 Å². The van der Waals surface area contributed by atoms with Crippen LogP contribution in [0.1, 0.15) is 33.2 Å².